The van der Waals surface area contributed by atoms with E-state index in [2.05, 4.69) is 191 Å². The van der Waals surface area contributed by atoms with Crippen LogP contribution in [0.15, 0.2) is 182 Å². The molecule has 0 atom stereocenters. The lowest BCUT2D eigenvalue weighted by molar-refractivity contribution is 1.18. The zero-order valence-corrected chi connectivity index (χ0v) is 29.7. The second kappa shape index (κ2) is 11.7. The van der Waals surface area contributed by atoms with Crippen LogP contribution in [0, 0.1) is 0 Å². The fourth-order valence-electron chi connectivity index (χ4n) is 7.96. The molecule has 0 aliphatic rings. The van der Waals surface area contributed by atoms with Gasteiger partial charge >= 0.3 is 0 Å². The molecule has 2 nitrogen and oxygen atoms in total. The van der Waals surface area contributed by atoms with E-state index in [1.807, 2.05) is 22.7 Å². The Morgan fingerprint density at radius 3 is 1.69 bits per heavy atom. The molecule has 0 aliphatic heterocycles. The van der Waals surface area contributed by atoms with Crippen molar-refractivity contribution in [1.82, 2.24) is 4.57 Å². The van der Waals surface area contributed by atoms with Crippen molar-refractivity contribution in [1.29, 1.82) is 0 Å². The number of hydrogen-bond donors (Lipinski definition) is 0. The van der Waals surface area contributed by atoms with Gasteiger partial charge in [0, 0.05) is 73.9 Å². The zero-order valence-electron chi connectivity index (χ0n) is 28.0. The number of aromatic nitrogens is 1. The van der Waals surface area contributed by atoms with Crippen molar-refractivity contribution in [2.45, 2.75) is 0 Å². The maximum absolute atomic E-state index is 2.41. The summed E-state index contributed by atoms with van der Waals surface area (Å²) in [4.78, 5) is 2.41. The van der Waals surface area contributed by atoms with E-state index in [0.29, 0.717) is 0 Å². The lowest BCUT2D eigenvalue weighted by atomic mass is 10.0. The van der Waals surface area contributed by atoms with Crippen molar-refractivity contribution in [3.05, 3.63) is 182 Å². The molecule has 4 heteroatoms. The summed E-state index contributed by atoms with van der Waals surface area (Å²) in [5.41, 5.74) is 9.40. The summed E-state index contributed by atoms with van der Waals surface area (Å²) in [6.07, 6.45) is 0. The summed E-state index contributed by atoms with van der Waals surface area (Å²) in [7, 11) is 0. The molecule has 11 rings (SSSR count). The number of nitrogens with zero attached hydrogens (tertiary/aromatic N) is 2. The number of rotatable bonds is 5. The van der Waals surface area contributed by atoms with Gasteiger partial charge in [0.1, 0.15) is 0 Å². The topological polar surface area (TPSA) is 8.17 Å². The van der Waals surface area contributed by atoms with E-state index >= 15 is 0 Å². The molecule has 0 saturated heterocycles. The molecule has 0 saturated carbocycles. The molecule has 3 aromatic heterocycles. The first-order chi connectivity index (χ1) is 25.8. The Morgan fingerprint density at radius 2 is 0.885 bits per heavy atom. The van der Waals surface area contributed by atoms with E-state index in [4.69, 9.17) is 0 Å². The summed E-state index contributed by atoms with van der Waals surface area (Å²) < 4.78 is 7.65. The molecule has 0 amide bonds. The quantitative estimate of drug-likeness (QED) is 0.174. The summed E-state index contributed by atoms with van der Waals surface area (Å²) in [6.45, 7) is 0. The summed E-state index contributed by atoms with van der Waals surface area (Å²) in [5, 5.41) is 7.75. The van der Waals surface area contributed by atoms with Gasteiger partial charge in [-0.25, -0.2) is 0 Å². The van der Waals surface area contributed by atoms with Crippen LogP contribution in [-0.2, 0) is 0 Å². The first-order valence-corrected chi connectivity index (χ1v) is 19.2. The van der Waals surface area contributed by atoms with E-state index in [0.717, 1.165) is 22.7 Å². The second-order valence-electron chi connectivity index (χ2n) is 13.4. The zero-order chi connectivity index (χ0) is 34.2. The molecule has 244 valence electrons. The number of para-hydroxylation sites is 2. The monoisotopic (exact) mass is 698 g/mol. The van der Waals surface area contributed by atoms with Gasteiger partial charge in [0.05, 0.1) is 11.0 Å². The highest BCUT2D eigenvalue weighted by molar-refractivity contribution is 7.26. The summed E-state index contributed by atoms with van der Waals surface area (Å²) in [5.74, 6) is 0. The largest absolute Gasteiger partial charge is 0.310 e. The van der Waals surface area contributed by atoms with Crippen LogP contribution in [0.2, 0.25) is 0 Å². The fraction of sp³-hybridized carbons (Fsp3) is 0. The first-order valence-electron chi connectivity index (χ1n) is 17.6. The van der Waals surface area contributed by atoms with E-state index in [1.165, 1.54) is 73.3 Å². The predicted octanol–water partition coefficient (Wildman–Crippen LogP) is 14.7. The van der Waals surface area contributed by atoms with E-state index in [-0.39, 0.29) is 0 Å². The minimum Gasteiger partial charge on any atom is -0.310 e. The van der Waals surface area contributed by atoms with Crippen LogP contribution in [0.25, 0.3) is 79.0 Å². The Hall–Kier alpha value is -6.20. The third-order valence-corrected chi connectivity index (χ3v) is 12.7. The summed E-state index contributed by atoms with van der Waals surface area (Å²) in [6, 6.07) is 66.7. The van der Waals surface area contributed by atoms with Crippen molar-refractivity contribution in [3.8, 4) is 16.8 Å². The third kappa shape index (κ3) is 4.62. The molecule has 0 radical (unpaired) electrons. The molecule has 0 unspecified atom stereocenters. The van der Waals surface area contributed by atoms with Crippen molar-refractivity contribution >= 4 is 102 Å². The lowest BCUT2D eigenvalue weighted by Crippen LogP contribution is -2.09. The number of fused-ring (bicyclic) bond motifs is 9. The van der Waals surface area contributed by atoms with E-state index in [9.17, 15) is 0 Å². The van der Waals surface area contributed by atoms with Gasteiger partial charge in [0.25, 0.3) is 0 Å². The minimum atomic E-state index is 1.12. The van der Waals surface area contributed by atoms with Crippen molar-refractivity contribution in [2.75, 3.05) is 4.90 Å². The molecule has 0 spiro atoms. The van der Waals surface area contributed by atoms with Gasteiger partial charge in [-0.1, -0.05) is 97.1 Å². The Kier molecular flexibility index (Phi) is 6.63. The molecular weight excluding hydrogens is 669 g/mol. The average molecular weight is 699 g/mol. The predicted molar refractivity (Wildman–Crippen MR) is 227 cm³/mol. The Balaban J connectivity index is 1.08. The molecule has 8 aromatic carbocycles. The van der Waals surface area contributed by atoms with Crippen molar-refractivity contribution in [2.24, 2.45) is 0 Å². The van der Waals surface area contributed by atoms with Crippen LogP contribution < -0.4 is 4.90 Å². The standard InChI is InChI=1S/C48H30N2S2/c1-2-10-33(11-3-1)50-43-15-7-4-12-37(43)41-29-35(24-26-44(41)50)49(36-23-25-40-38-13-5-8-16-45(38)52-48(40)30-36)34-21-18-31(19-22-34)32-20-27-47-42(28-32)39-14-6-9-17-46(39)51-47/h1-30H. The van der Waals surface area contributed by atoms with E-state index < -0.39 is 0 Å². The van der Waals surface area contributed by atoms with Crippen molar-refractivity contribution < 1.29 is 0 Å². The molecule has 0 aliphatic carbocycles. The SMILES string of the molecule is c1ccc(-n2c3ccccc3c3cc(N(c4ccc(-c5ccc6sc7ccccc7c6c5)cc4)c4ccc5c(c4)sc4ccccc45)ccc32)cc1. The molecule has 11 aromatic rings. The molecule has 0 fully saturated rings. The van der Waals surface area contributed by atoms with Gasteiger partial charge in [-0.05, 0) is 96.1 Å². The van der Waals surface area contributed by atoms with Gasteiger partial charge in [0.2, 0.25) is 0 Å². The number of thiophene rings is 2. The number of benzene rings is 8. The number of anilines is 3. The highest BCUT2D eigenvalue weighted by atomic mass is 32.1. The normalized spacial score (nSPS) is 11.8. The van der Waals surface area contributed by atoms with Gasteiger partial charge in [-0.3, -0.25) is 0 Å². The lowest BCUT2D eigenvalue weighted by Gasteiger charge is -2.26. The third-order valence-electron chi connectivity index (χ3n) is 10.4. The maximum Gasteiger partial charge on any atom is 0.0542 e. The minimum absolute atomic E-state index is 1.12. The Bertz CT molecular complexity index is 3130. The van der Waals surface area contributed by atoms with Gasteiger partial charge in [-0.2, -0.15) is 0 Å². The van der Waals surface area contributed by atoms with Crippen LogP contribution >= 0.6 is 22.7 Å². The van der Waals surface area contributed by atoms with Gasteiger partial charge < -0.3 is 9.47 Å². The average Bonchev–Trinajstić information content (AvgIpc) is 3.87. The Labute approximate surface area is 308 Å². The van der Waals surface area contributed by atoms with Crippen LogP contribution in [0.4, 0.5) is 17.1 Å². The van der Waals surface area contributed by atoms with Crippen LogP contribution in [-0.4, -0.2) is 4.57 Å². The Morgan fingerprint density at radius 1 is 0.327 bits per heavy atom. The van der Waals surface area contributed by atoms with Crippen LogP contribution in [0.5, 0.6) is 0 Å². The fourth-order valence-corrected chi connectivity index (χ4v) is 10.2. The number of hydrogen-bond acceptors (Lipinski definition) is 3. The molecule has 52 heavy (non-hydrogen) atoms. The molecule has 0 bridgehead atoms. The van der Waals surface area contributed by atoms with Gasteiger partial charge in [-0.15, -0.1) is 22.7 Å². The smallest absolute Gasteiger partial charge is 0.0542 e. The molecule has 0 N–H and O–H groups in total. The van der Waals surface area contributed by atoms with Crippen LogP contribution in [0.3, 0.4) is 0 Å². The highest BCUT2D eigenvalue weighted by Gasteiger charge is 2.19. The maximum atomic E-state index is 2.41. The van der Waals surface area contributed by atoms with E-state index in [1.54, 1.807) is 0 Å². The molecule has 3 heterocycles. The van der Waals surface area contributed by atoms with Crippen LogP contribution in [0.1, 0.15) is 0 Å². The second-order valence-corrected chi connectivity index (χ2v) is 15.5. The van der Waals surface area contributed by atoms with Crippen molar-refractivity contribution in [3.63, 3.8) is 0 Å². The summed E-state index contributed by atoms with van der Waals surface area (Å²) >= 11 is 3.72. The van der Waals surface area contributed by atoms with Gasteiger partial charge in [0.15, 0.2) is 0 Å². The highest BCUT2D eigenvalue weighted by Crippen LogP contribution is 2.43. The first kappa shape index (κ1) is 29.5. The molecular formula is C48H30N2S2.